The lowest BCUT2D eigenvalue weighted by Gasteiger charge is -2.25. The maximum atomic E-state index is 5.48. The zero-order chi connectivity index (χ0) is 12.4. The Hall–Kier alpha value is -1.06. The minimum absolute atomic E-state index is 0.572. The lowest BCUT2D eigenvalue weighted by atomic mass is 9.94. The molecule has 3 heteroatoms. The summed E-state index contributed by atoms with van der Waals surface area (Å²) in [6.07, 6.45) is 1.11. The molecule has 1 aromatic carbocycles. The first-order valence-electron chi connectivity index (χ1n) is 6.17. The third kappa shape index (κ3) is 2.79. The van der Waals surface area contributed by atoms with E-state index in [4.69, 9.17) is 4.74 Å². The zero-order valence-corrected chi connectivity index (χ0v) is 11.2. The lowest BCUT2D eigenvalue weighted by molar-refractivity contribution is 0.370. The predicted octanol–water partition coefficient (Wildman–Crippen LogP) is 1.79. The molecule has 0 bridgehead atoms. The first-order chi connectivity index (χ1) is 8.10. The Morgan fingerprint density at radius 2 is 2.12 bits per heavy atom. The van der Waals surface area contributed by atoms with Crippen LogP contribution >= 0.6 is 0 Å². The Kier molecular flexibility index (Phi) is 3.69. The molecule has 1 unspecified atom stereocenters. The molecule has 0 fully saturated rings. The Bertz CT molecular complexity index is 401. The molecule has 17 heavy (non-hydrogen) atoms. The summed E-state index contributed by atoms with van der Waals surface area (Å²) >= 11 is 0. The van der Waals surface area contributed by atoms with Crippen molar-refractivity contribution in [1.82, 2.24) is 10.2 Å². The second-order valence-electron chi connectivity index (χ2n) is 5.16. The van der Waals surface area contributed by atoms with E-state index in [0.717, 1.165) is 25.3 Å². The fourth-order valence-electron chi connectivity index (χ4n) is 2.41. The Morgan fingerprint density at radius 3 is 2.76 bits per heavy atom. The molecule has 0 aromatic heterocycles. The van der Waals surface area contributed by atoms with E-state index in [2.05, 4.69) is 43.4 Å². The van der Waals surface area contributed by atoms with Crippen LogP contribution in [0.3, 0.4) is 0 Å². The maximum absolute atomic E-state index is 5.48. The van der Waals surface area contributed by atoms with Gasteiger partial charge in [-0.2, -0.15) is 0 Å². The van der Waals surface area contributed by atoms with Crippen LogP contribution in [-0.4, -0.2) is 32.1 Å². The van der Waals surface area contributed by atoms with Crippen LogP contribution in [0.2, 0.25) is 0 Å². The van der Waals surface area contributed by atoms with Gasteiger partial charge >= 0.3 is 0 Å². The van der Waals surface area contributed by atoms with Crippen molar-refractivity contribution in [2.24, 2.45) is 0 Å². The SMILES string of the molecule is COc1cc2c(cc1CN(C)C)CC(C)NC2. The number of hydrogen-bond acceptors (Lipinski definition) is 3. The van der Waals surface area contributed by atoms with Crippen molar-refractivity contribution in [3.05, 3.63) is 28.8 Å². The summed E-state index contributed by atoms with van der Waals surface area (Å²) in [6.45, 7) is 4.12. The van der Waals surface area contributed by atoms with Gasteiger partial charge in [0.1, 0.15) is 5.75 Å². The highest BCUT2D eigenvalue weighted by molar-refractivity contribution is 5.44. The van der Waals surface area contributed by atoms with Crippen molar-refractivity contribution in [3.8, 4) is 5.75 Å². The molecule has 3 nitrogen and oxygen atoms in total. The quantitative estimate of drug-likeness (QED) is 0.863. The summed E-state index contributed by atoms with van der Waals surface area (Å²) in [5, 5.41) is 3.48. The summed E-state index contributed by atoms with van der Waals surface area (Å²) in [7, 11) is 5.92. The zero-order valence-electron chi connectivity index (χ0n) is 11.2. The standard InChI is InChI=1S/C14H22N2O/c1-10-5-11-6-13(9-16(2)3)14(17-4)7-12(11)8-15-10/h6-7,10,15H,5,8-9H2,1-4H3. The maximum Gasteiger partial charge on any atom is 0.123 e. The smallest absolute Gasteiger partial charge is 0.123 e. The number of nitrogens with zero attached hydrogens (tertiary/aromatic N) is 1. The van der Waals surface area contributed by atoms with Gasteiger partial charge in [0.2, 0.25) is 0 Å². The molecular formula is C14H22N2O. The minimum Gasteiger partial charge on any atom is -0.496 e. The van der Waals surface area contributed by atoms with E-state index in [0.29, 0.717) is 6.04 Å². The Labute approximate surface area is 104 Å². The van der Waals surface area contributed by atoms with Gasteiger partial charge < -0.3 is 15.0 Å². The molecule has 1 heterocycles. The second-order valence-corrected chi connectivity index (χ2v) is 5.16. The molecule has 1 aliphatic rings. The number of rotatable bonds is 3. The van der Waals surface area contributed by atoms with Crippen molar-refractivity contribution in [3.63, 3.8) is 0 Å². The van der Waals surface area contributed by atoms with Crippen LogP contribution < -0.4 is 10.1 Å². The van der Waals surface area contributed by atoms with Crippen LogP contribution in [0.5, 0.6) is 5.75 Å². The monoisotopic (exact) mass is 234 g/mol. The highest BCUT2D eigenvalue weighted by Gasteiger charge is 2.17. The average Bonchev–Trinajstić information content (AvgIpc) is 2.27. The van der Waals surface area contributed by atoms with Gasteiger partial charge in [-0.15, -0.1) is 0 Å². The Morgan fingerprint density at radius 1 is 1.35 bits per heavy atom. The van der Waals surface area contributed by atoms with E-state index >= 15 is 0 Å². The van der Waals surface area contributed by atoms with Crippen molar-refractivity contribution in [2.45, 2.75) is 32.5 Å². The molecule has 0 saturated carbocycles. The van der Waals surface area contributed by atoms with Crippen LogP contribution in [0.4, 0.5) is 0 Å². The van der Waals surface area contributed by atoms with Crippen LogP contribution in [0.1, 0.15) is 23.6 Å². The van der Waals surface area contributed by atoms with Gasteiger partial charge in [0, 0.05) is 24.7 Å². The minimum atomic E-state index is 0.572. The van der Waals surface area contributed by atoms with Gasteiger partial charge in [-0.05, 0) is 44.6 Å². The van der Waals surface area contributed by atoms with E-state index in [1.807, 2.05) is 0 Å². The molecule has 0 radical (unpaired) electrons. The fourth-order valence-corrected chi connectivity index (χ4v) is 2.41. The van der Waals surface area contributed by atoms with Crippen molar-refractivity contribution >= 4 is 0 Å². The molecule has 0 saturated heterocycles. The first kappa shape index (κ1) is 12.4. The van der Waals surface area contributed by atoms with Crippen LogP contribution in [0, 0.1) is 0 Å². The molecule has 0 aliphatic carbocycles. The number of benzene rings is 1. The molecule has 1 atom stereocenters. The van der Waals surface area contributed by atoms with Gasteiger partial charge in [0.05, 0.1) is 7.11 Å². The molecule has 94 valence electrons. The topological polar surface area (TPSA) is 24.5 Å². The summed E-state index contributed by atoms with van der Waals surface area (Å²) in [6, 6.07) is 5.07. The summed E-state index contributed by atoms with van der Waals surface area (Å²) in [4.78, 5) is 2.18. The van der Waals surface area contributed by atoms with Gasteiger partial charge in [-0.1, -0.05) is 6.07 Å². The van der Waals surface area contributed by atoms with Gasteiger partial charge in [-0.25, -0.2) is 0 Å². The van der Waals surface area contributed by atoms with Crippen molar-refractivity contribution in [1.29, 1.82) is 0 Å². The number of hydrogen-bond donors (Lipinski definition) is 1. The predicted molar refractivity (Wildman–Crippen MR) is 70.4 cm³/mol. The largest absolute Gasteiger partial charge is 0.496 e. The summed E-state index contributed by atoms with van der Waals surface area (Å²) in [5.41, 5.74) is 4.13. The van der Waals surface area contributed by atoms with Crippen LogP contribution in [0.15, 0.2) is 12.1 Å². The molecule has 0 amide bonds. The number of nitrogens with one attached hydrogen (secondary N) is 1. The normalized spacial score (nSPS) is 19.2. The third-order valence-electron chi connectivity index (χ3n) is 3.26. The van der Waals surface area contributed by atoms with Crippen molar-refractivity contribution < 1.29 is 4.74 Å². The molecule has 2 rings (SSSR count). The highest BCUT2D eigenvalue weighted by Crippen LogP contribution is 2.27. The van der Waals surface area contributed by atoms with E-state index < -0.39 is 0 Å². The number of methoxy groups -OCH3 is 1. The fraction of sp³-hybridized carbons (Fsp3) is 0.571. The van der Waals surface area contributed by atoms with Gasteiger partial charge in [-0.3, -0.25) is 0 Å². The first-order valence-corrected chi connectivity index (χ1v) is 6.17. The second kappa shape index (κ2) is 5.07. The molecule has 1 N–H and O–H groups in total. The molecule has 1 aromatic rings. The van der Waals surface area contributed by atoms with Gasteiger partial charge in [0.25, 0.3) is 0 Å². The molecular weight excluding hydrogens is 212 g/mol. The summed E-state index contributed by atoms with van der Waals surface area (Å²) < 4.78 is 5.48. The average molecular weight is 234 g/mol. The number of fused-ring (bicyclic) bond motifs is 1. The van der Waals surface area contributed by atoms with Crippen LogP contribution in [-0.2, 0) is 19.5 Å². The van der Waals surface area contributed by atoms with Gasteiger partial charge in [0.15, 0.2) is 0 Å². The van der Waals surface area contributed by atoms with E-state index in [1.54, 1.807) is 7.11 Å². The van der Waals surface area contributed by atoms with E-state index in [9.17, 15) is 0 Å². The van der Waals surface area contributed by atoms with Crippen molar-refractivity contribution in [2.75, 3.05) is 21.2 Å². The summed E-state index contributed by atoms with van der Waals surface area (Å²) in [5.74, 6) is 1.01. The molecule has 0 spiro atoms. The third-order valence-corrected chi connectivity index (χ3v) is 3.26. The Balaban J connectivity index is 2.35. The molecule has 1 aliphatic heterocycles. The number of ether oxygens (including phenoxy) is 1. The van der Waals surface area contributed by atoms with E-state index in [1.165, 1.54) is 16.7 Å². The highest BCUT2D eigenvalue weighted by atomic mass is 16.5. The van der Waals surface area contributed by atoms with Crippen LogP contribution in [0.25, 0.3) is 0 Å². The lowest BCUT2D eigenvalue weighted by Crippen LogP contribution is -2.33. The van der Waals surface area contributed by atoms with E-state index in [-0.39, 0.29) is 0 Å².